The molecule has 1 heterocycles. The highest BCUT2D eigenvalue weighted by Gasteiger charge is 2.44. The van der Waals surface area contributed by atoms with Crippen molar-refractivity contribution in [1.82, 2.24) is 4.90 Å². The Labute approximate surface area is 137 Å². The SMILES string of the molecule is COc1ccc(CN2CCC(C(O)C(F)(F)F)CC2)cc1[N+](=O)[O-]. The Kier molecular flexibility index (Phi) is 5.66. The minimum Gasteiger partial charge on any atom is -0.490 e. The zero-order valence-electron chi connectivity index (χ0n) is 13.1. The van der Waals surface area contributed by atoms with Crippen LogP contribution in [0.25, 0.3) is 0 Å². The Hall–Kier alpha value is -1.87. The van der Waals surface area contributed by atoms with Crippen molar-refractivity contribution >= 4 is 5.69 Å². The Bertz CT molecular complexity index is 587. The van der Waals surface area contributed by atoms with Crippen LogP contribution in [-0.2, 0) is 6.54 Å². The lowest BCUT2D eigenvalue weighted by atomic mass is 9.90. The van der Waals surface area contributed by atoms with Crippen molar-refractivity contribution in [2.75, 3.05) is 20.2 Å². The number of nitrogens with zero attached hydrogens (tertiary/aromatic N) is 2. The summed E-state index contributed by atoms with van der Waals surface area (Å²) in [5.74, 6) is -0.637. The second-order valence-electron chi connectivity index (χ2n) is 5.86. The van der Waals surface area contributed by atoms with Crippen molar-refractivity contribution in [3.63, 3.8) is 0 Å². The van der Waals surface area contributed by atoms with E-state index in [-0.39, 0.29) is 24.3 Å². The molecule has 0 aliphatic carbocycles. The molecule has 24 heavy (non-hydrogen) atoms. The van der Waals surface area contributed by atoms with E-state index in [0.29, 0.717) is 25.2 Å². The number of benzene rings is 1. The fourth-order valence-electron chi connectivity index (χ4n) is 2.93. The lowest BCUT2D eigenvalue weighted by Gasteiger charge is -2.34. The standard InChI is InChI=1S/C15H19F3N2O4/c1-24-13-3-2-10(8-12(13)20(22)23)9-19-6-4-11(5-7-19)14(21)15(16,17)18/h2-3,8,11,14,21H,4-7,9H2,1H3. The van der Waals surface area contributed by atoms with Gasteiger partial charge in [-0.05, 0) is 43.5 Å². The first-order valence-corrected chi connectivity index (χ1v) is 7.51. The van der Waals surface area contributed by atoms with Gasteiger partial charge in [-0.15, -0.1) is 0 Å². The normalized spacial score (nSPS) is 18.4. The van der Waals surface area contributed by atoms with Crippen LogP contribution in [0.2, 0.25) is 0 Å². The van der Waals surface area contributed by atoms with Crippen LogP contribution in [0.1, 0.15) is 18.4 Å². The summed E-state index contributed by atoms with van der Waals surface area (Å²) in [7, 11) is 1.35. The molecule has 1 aliphatic heterocycles. The highest BCUT2D eigenvalue weighted by molar-refractivity contribution is 5.48. The van der Waals surface area contributed by atoms with Gasteiger partial charge in [0.25, 0.3) is 0 Å². The highest BCUT2D eigenvalue weighted by atomic mass is 19.4. The average Bonchev–Trinajstić information content (AvgIpc) is 2.54. The van der Waals surface area contributed by atoms with Crippen molar-refractivity contribution in [2.24, 2.45) is 5.92 Å². The van der Waals surface area contributed by atoms with Crippen LogP contribution in [-0.4, -0.2) is 47.4 Å². The van der Waals surface area contributed by atoms with E-state index >= 15 is 0 Å². The molecule has 0 bridgehead atoms. The van der Waals surface area contributed by atoms with Crippen LogP contribution in [0.4, 0.5) is 18.9 Å². The van der Waals surface area contributed by atoms with Gasteiger partial charge in [-0.25, -0.2) is 0 Å². The van der Waals surface area contributed by atoms with E-state index in [1.165, 1.54) is 19.2 Å². The van der Waals surface area contributed by atoms with Gasteiger partial charge in [0, 0.05) is 12.6 Å². The number of alkyl halides is 3. The van der Waals surface area contributed by atoms with E-state index < -0.39 is 23.1 Å². The van der Waals surface area contributed by atoms with Gasteiger partial charge in [-0.3, -0.25) is 15.0 Å². The lowest BCUT2D eigenvalue weighted by Crippen LogP contribution is -2.43. The summed E-state index contributed by atoms with van der Waals surface area (Å²) in [6, 6.07) is 4.62. The second kappa shape index (κ2) is 7.35. The van der Waals surface area contributed by atoms with Crippen LogP contribution in [0, 0.1) is 16.0 Å². The molecular formula is C15H19F3N2O4. The Morgan fingerprint density at radius 3 is 2.54 bits per heavy atom. The van der Waals surface area contributed by atoms with Gasteiger partial charge in [-0.1, -0.05) is 6.07 Å². The summed E-state index contributed by atoms with van der Waals surface area (Å²) in [6.07, 6.45) is -6.41. The smallest absolute Gasteiger partial charge is 0.414 e. The molecule has 1 aromatic carbocycles. The van der Waals surface area contributed by atoms with E-state index in [0.717, 1.165) is 0 Å². The first kappa shape index (κ1) is 18.5. The number of methoxy groups -OCH3 is 1. The molecule has 134 valence electrons. The van der Waals surface area contributed by atoms with E-state index in [9.17, 15) is 28.4 Å². The zero-order chi connectivity index (χ0) is 17.9. The molecule has 1 N–H and O–H groups in total. The molecule has 1 aromatic rings. The fraction of sp³-hybridized carbons (Fsp3) is 0.600. The third kappa shape index (κ3) is 4.35. The maximum atomic E-state index is 12.5. The molecule has 1 aliphatic rings. The molecule has 0 radical (unpaired) electrons. The summed E-state index contributed by atoms with van der Waals surface area (Å²) < 4.78 is 42.5. The van der Waals surface area contributed by atoms with Crippen molar-refractivity contribution < 1.29 is 27.9 Å². The summed E-state index contributed by atoms with van der Waals surface area (Å²) in [4.78, 5) is 12.4. The molecule has 1 unspecified atom stereocenters. The average molecular weight is 348 g/mol. The van der Waals surface area contributed by atoms with Crippen molar-refractivity contribution in [2.45, 2.75) is 31.7 Å². The van der Waals surface area contributed by atoms with Crippen LogP contribution in [0.5, 0.6) is 5.75 Å². The number of piperidine rings is 1. The number of nitro benzene ring substituents is 1. The third-order valence-corrected chi connectivity index (χ3v) is 4.26. The van der Waals surface area contributed by atoms with Gasteiger partial charge in [0.2, 0.25) is 0 Å². The van der Waals surface area contributed by atoms with E-state index in [4.69, 9.17) is 4.74 Å². The molecular weight excluding hydrogens is 329 g/mol. The molecule has 9 heteroatoms. The lowest BCUT2D eigenvalue weighted by molar-refractivity contribution is -0.385. The molecule has 6 nitrogen and oxygen atoms in total. The molecule has 1 atom stereocenters. The van der Waals surface area contributed by atoms with E-state index in [2.05, 4.69) is 0 Å². The monoisotopic (exact) mass is 348 g/mol. The molecule has 0 aromatic heterocycles. The number of aliphatic hydroxyl groups excluding tert-OH is 1. The Balaban J connectivity index is 1.97. The predicted octanol–water partition coefficient (Wildman–Crippen LogP) is 2.74. The molecule has 0 saturated carbocycles. The third-order valence-electron chi connectivity index (χ3n) is 4.26. The van der Waals surface area contributed by atoms with Crippen LogP contribution in [0.15, 0.2) is 18.2 Å². The first-order chi connectivity index (χ1) is 11.2. The van der Waals surface area contributed by atoms with Gasteiger partial charge in [-0.2, -0.15) is 13.2 Å². The number of ether oxygens (including phenoxy) is 1. The molecule has 1 fully saturated rings. The van der Waals surface area contributed by atoms with Crippen molar-refractivity contribution in [1.29, 1.82) is 0 Å². The van der Waals surface area contributed by atoms with Gasteiger partial charge < -0.3 is 9.84 Å². The topological polar surface area (TPSA) is 75.8 Å². The first-order valence-electron chi connectivity index (χ1n) is 7.51. The van der Waals surface area contributed by atoms with Crippen molar-refractivity contribution in [3.05, 3.63) is 33.9 Å². The Morgan fingerprint density at radius 1 is 1.42 bits per heavy atom. The van der Waals surface area contributed by atoms with Crippen molar-refractivity contribution in [3.8, 4) is 5.75 Å². The summed E-state index contributed by atoms with van der Waals surface area (Å²) in [6.45, 7) is 1.20. The minimum absolute atomic E-state index is 0.141. The molecule has 0 amide bonds. The van der Waals surface area contributed by atoms with Gasteiger partial charge in [0.15, 0.2) is 11.9 Å². The summed E-state index contributed by atoms with van der Waals surface area (Å²) >= 11 is 0. The summed E-state index contributed by atoms with van der Waals surface area (Å²) in [5, 5.41) is 20.3. The molecule has 2 rings (SSSR count). The minimum atomic E-state index is -4.59. The number of hydrogen-bond acceptors (Lipinski definition) is 5. The van der Waals surface area contributed by atoms with E-state index in [1.807, 2.05) is 4.90 Å². The van der Waals surface area contributed by atoms with Crippen LogP contribution in [0.3, 0.4) is 0 Å². The second-order valence-corrected chi connectivity index (χ2v) is 5.86. The zero-order valence-corrected chi connectivity index (χ0v) is 13.1. The number of halogens is 3. The highest BCUT2D eigenvalue weighted by Crippen LogP contribution is 2.32. The largest absolute Gasteiger partial charge is 0.490 e. The number of aliphatic hydroxyl groups is 1. The fourth-order valence-corrected chi connectivity index (χ4v) is 2.93. The maximum absolute atomic E-state index is 12.5. The molecule has 1 saturated heterocycles. The maximum Gasteiger partial charge on any atom is 0.414 e. The van der Waals surface area contributed by atoms with Crippen LogP contribution < -0.4 is 4.74 Å². The van der Waals surface area contributed by atoms with Gasteiger partial charge in [0.05, 0.1) is 12.0 Å². The number of likely N-dealkylation sites (tertiary alicyclic amines) is 1. The van der Waals surface area contributed by atoms with Gasteiger partial charge in [0.1, 0.15) is 0 Å². The predicted molar refractivity (Wildman–Crippen MR) is 79.7 cm³/mol. The number of hydrogen-bond donors (Lipinski definition) is 1. The van der Waals surface area contributed by atoms with Gasteiger partial charge >= 0.3 is 11.9 Å². The molecule has 0 spiro atoms. The van der Waals surface area contributed by atoms with Crippen LogP contribution >= 0.6 is 0 Å². The Morgan fingerprint density at radius 2 is 2.04 bits per heavy atom. The van der Waals surface area contributed by atoms with E-state index in [1.54, 1.807) is 6.07 Å². The quantitative estimate of drug-likeness (QED) is 0.654. The summed E-state index contributed by atoms with van der Waals surface area (Å²) in [5.41, 5.74) is 0.551. The number of nitro groups is 1. The number of rotatable bonds is 5.